The number of hydrogen-bond acceptors (Lipinski definition) is 2. The van der Waals surface area contributed by atoms with Crippen LogP contribution in [0.3, 0.4) is 0 Å². The standard InChI is InChI=1S/C12H12FIN2O/c13-9-5-3-4-8-11(9)16(15-12(8)14)10-6-1-2-7-17-10/h3-5,10H,1-2,6-7H2. The van der Waals surface area contributed by atoms with Crippen LogP contribution in [0.25, 0.3) is 10.9 Å². The molecule has 17 heavy (non-hydrogen) atoms. The number of halogens is 2. The third kappa shape index (κ3) is 1.95. The van der Waals surface area contributed by atoms with Crippen LogP contribution in [0.2, 0.25) is 0 Å². The molecule has 0 aliphatic carbocycles. The van der Waals surface area contributed by atoms with Crippen molar-refractivity contribution in [3.05, 3.63) is 27.7 Å². The minimum absolute atomic E-state index is 0.119. The summed E-state index contributed by atoms with van der Waals surface area (Å²) in [4.78, 5) is 0. The number of para-hydroxylation sites is 1. The van der Waals surface area contributed by atoms with E-state index in [-0.39, 0.29) is 12.0 Å². The van der Waals surface area contributed by atoms with Crippen LogP contribution in [0.15, 0.2) is 18.2 Å². The summed E-state index contributed by atoms with van der Waals surface area (Å²) in [5.41, 5.74) is 0.559. The van der Waals surface area contributed by atoms with E-state index < -0.39 is 0 Å². The lowest BCUT2D eigenvalue weighted by Crippen LogP contribution is -2.19. The van der Waals surface area contributed by atoms with Gasteiger partial charge >= 0.3 is 0 Å². The van der Waals surface area contributed by atoms with E-state index in [1.54, 1.807) is 10.7 Å². The zero-order valence-electron chi connectivity index (χ0n) is 9.20. The fourth-order valence-corrected chi connectivity index (χ4v) is 2.91. The largest absolute Gasteiger partial charge is 0.356 e. The first kappa shape index (κ1) is 11.4. The smallest absolute Gasteiger partial charge is 0.151 e. The molecule has 3 nitrogen and oxygen atoms in total. The van der Waals surface area contributed by atoms with Gasteiger partial charge in [-0.25, -0.2) is 9.07 Å². The Bertz CT molecular complexity index is 549. The van der Waals surface area contributed by atoms with Gasteiger partial charge in [0.25, 0.3) is 0 Å². The zero-order valence-corrected chi connectivity index (χ0v) is 11.4. The molecular weight excluding hydrogens is 334 g/mol. The SMILES string of the molecule is Fc1cccc2c(I)nn(C3CCCCO3)c12. The summed E-state index contributed by atoms with van der Waals surface area (Å²) in [5, 5.41) is 5.27. The fourth-order valence-electron chi connectivity index (χ4n) is 2.24. The molecule has 0 saturated carbocycles. The molecule has 0 N–H and O–H groups in total. The highest BCUT2D eigenvalue weighted by Crippen LogP contribution is 2.29. The molecule has 1 fully saturated rings. The summed E-state index contributed by atoms with van der Waals surface area (Å²) in [6, 6.07) is 5.08. The summed E-state index contributed by atoms with van der Waals surface area (Å²) in [7, 11) is 0. The number of hydrogen-bond donors (Lipinski definition) is 0. The van der Waals surface area contributed by atoms with E-state index in [1.807, 2.05) is 6.07 Å². The average molecular weight is 346 g/mol. The van der Waals surface area contributed by atoms with Crippen LogP contribution in [0.4, 0.5) is 4.39 Å². The maximum Gasteiger partial charge on any atom is 0.151 e. The predicted octanol–water partition coefficient (Wildman–Crippen LogP) is 3.48. The van der Waals surface area contributed by atoms with Crippen molar-refractivity contribution in [1.29, 1.82) is 0 Å². The summed E-state index contributed by atoms with van der Waals surface area (Å²) >= 11 is 2.14. The van der Waals surface area contributed by atoms with Crippen LogP contribution in [0.5, 0.6) is 0 Å². The summed E-state index contributed by atoms with van der Waals surface area (Å²) in [6.07, 6.45) is 2.97. The van der Waals surface area contributed by atoms with Crippen LogP contribution >= 0.6 is 22.6 Å². The second-order valence-electron chi connectivity index (χ2n) is 4.19. The monoisotopic (exact) mass is 346 g/mol. The molecule has 1 saturated heterocycles. The van der Waals surface area contributed by atoms with Crippen molar-refractivity contribution < 1.29 is 9.13 Å². The van der Waals surface area contributed by atoms with Gasteiger partial charge in [0.15, 0.2) is 6.23 Å². The molecule has 1 aliphatic rings. The summed E-state index contributed by atoms with van der Waals surface area (Å²) in [6.45, 7) is 0.733. The van der Waals surface area contributed by atoms with Gasteiger partial charge in [-0.2, -0.15) is 5.10 Å². The predicted molar refractivity (Wildman–Crippen MR) is 71.2 cm³/mol. The van der Waals surface area contributed by atoms with Crippen LogP contribution in [0, 0.1) is 9.52 Å². The molecule has 1 aromatic heterocycles. The van der Waals surface area contributed by atoms with Crippen molar-refractivity contribution in [3.8, 4) is 0 Å². The molecule has 1 aromatic carbocycles. The van der Waals surface area contributed by atoms with Gasteiger partial charge in [0, 0.05) is 12.0 Å². The highest BCUT2D eigenvalue weighted by atomic mass is 127. The van der Waals surface area contributed by atoms with E-state index in [2.05, 4.69) is 27.7 Å². The van der Waals surface area contributed by atoms with E-state index in [0.29, 0.717) is 5.52 Å². The molecule has 1 atom stereocenters. The maximum atomic E-state index is 13.9. The first-order valence-corrected chi connectivity index (χ1v) is 6.79. The molecular formula is C12H12FIN2O. The zero-order chi connectivity index (χ0) is 11.8. The lowest BCUT2D eigenvalue weighted by molar-refractivity contribution is -0.0371. The molecule has 0 amide bonds. The number of ether oxygens (including phenoxy) is 1. The first-order chi connectivity index (χ1) is 8.27. The number of nitrogens with zero attached hydrogens (tertiary/aromatic N) is 2. The highest BCUT2D eigenvalue weighted by Gasteiger charge is 2.21. The lowest BCUT2D eigenvalue weighted by Gasteiger charge is -2.23. The van der Waals surface area contributed by atoms with Gasteiger partial charge in [0.05, 0.1) is 0 Å². The number of rotatable bonds is 1. The van der Waals surface area contributed by atoms with Crippen LogP contribution in [-0.2, 0) is 4.74 Å². The van der Waals surface area contributed by atoms with Gasteiger partial charge in [-0.05, 0) is 54.0 Å². The molecule has 2 heterocycles. The minimum atomic E-state index is -0.230. The van der Waals surface area contributed by atoms with Crippen LogP contribution < -0.4 is 0 Å². The second-order valence-corrected chi connectivity index (χ2v) is 5.21. The van der Waals surface area contributed by atoms with Gasteiger partial charge in [0.1, 0.15) is 15.0 Å². The Kier molecular flexibility index (Phi) is 3.04. The van der Waals surface area contributed by atoms with E-state index >= 15 is 0 Å². The van der Waals surface area contributed by atoms with Gasteiger partial charge in [-0.15, -0.1) is 0 Å². The van der Waals surface area contributed by atoms with Gasteiger partial charge < -0.3 is 4.74 Å². The quantitative estimate of drug-likeness (QED) is 0.740. The number of fused-ring (bicyclic) bond motifs is 1. The van der Waals surface area contributed by atoms with Crippen molar-refractivity contribution >= 4 is 33.5 Å². The molecule has 0 radical (unpaired) electrons. The Balaban J connectivity index is 2.15. The molecule has 0 spiro atoms. The normalized spacial score (nSPS) is 20.9. The summed E-state index contributed by atoms with van der Waals surface area (Å²) < 4.78 is 22.1. The van der Waals surface area contributed by atoms with Gasteiger partial charge in [-0.3, -0.25) is 0 Å². The maximum absolute atomic E-state index is 13.9. The van der Waals surface area contributed by atoms with E-state index in [4.69, 9.17) is 4.74 Å². The Hall–Kier alpha value is -0.690. The second kappa shape index (κ2) is 4.53. The van der Waals surface area contributed by atoms with Gasteiger partial charge in [-0.1, -0.05) is 6.07 Å². The Morgan fingerprint density at radius 3 is 3.06 bits per heavy atom. The molecule has 1 unspecified atom stereocenters. The fraction of sp³-hybridized carbons (Fsp3) is 0.417. The van der Waals surface area contributed by atoms with Gasteiger partial charge in [0.2, 0.25) is 0 Å². The average Bonchev–Trinajstić information content (AvgIpc) is 2.70. The topological polar surface area (TPSA) is 27.1 Å². The highest BCUT2D eigenvalue weighted by molar-refractivity contribution is 14.1. The molecule has 90 valence electrons. The molecule has 2 aromatic rings. The van der Waals surface area contributed by atoms with Crippen molar-refractivity contribution in [1.82, 2.24) is 9.78 Å². The first-order valence-electron chi connectivity index (χ1n) is 5.71. The molecule has 1 aliphatic heterocycles. The lowest BCUT2D eigenvalue weighted by atomic mass is 10.2. The third-order valence-electron chi connectivity index (χ3n) is 3.06. The molecule has 5 heteroatoms. The Morgan fingerprint density at radius 2 is 2.29 bits per heavy atom. The molecule has 3 rings (SSSR count). The van der Waals surface area contributed by atoms with Crippen molar-refractivity contribution in [2.24, 2.45) is 0 Å². The number of aromatic nitrogens is 2. The Labute approximate surface area is 112 Å². The van der Waals surface area contributed by atoms with Crippen molar-refractivity contribution in [3.63, 3.8) is 0 Å². The Morgan fingerprint density at radius 1 is 1.41 bits per heavy atom. The van der Waals surface area contributed by atoms with E-state index in [9.17, 15) is 4.39 Å². The van der Waals surface area contributed by atoms with E-state index in [1.165, 1.54) is 6.07 Å². The van der Waals surface area contributed by atoms with Crippen LogP contribution in [0.1, 0.15) is 25.5 Å². The van der Waals surface area contributed by atoms with Crippen molar-refractivity contribution in [2.75, 3.05) is 6.61 Å². The van der Waals surface area contributed by atoms with E-state index in [0.717, 1.165) is 35.0 Å². The minimum Gasteiger partial charge on any atom is -0.356 e. The van der Waals surface area contributed by atoms with Crippen LogP contribution in [-0.4, -0.2) is 16.4 Å². The summed E-state index contributed by atoms with van der Waals surface area (Å²) in [5.74, 6) is -0.230. The number of benzene rings is 1. The molecule has 0 bridgehead atoms. The van der Waals surface area contributed by atoms with Crippen molar-refractivity contribution in [2.45, 2.75) is 25.5 Å². The third-order valence-corrected chi connectivity index (χ3v) is 3.86.